The van der Waals surface area contributed by atoms with Gasteiger partial charge in [-0.3, -0.25) is 0 Å². The van der Waals surface area contributed by atoms with Gasteiger partial charge in [-0.25, -0.2) is 13.8 Å². The number of aryl methyl sites for hydroxylation is 1. The summed E-state index contributed by atoms with van der Waals surface area (Å²) in [6.45, 7) is 3.43. The van der Waals surface area contributed by atoms with Gasteiger partial charge in [-0.2, -0.15) is 0 Å². The average molecular weight is 389 g/mol. The third-order valence-corrected chi connectivity index (χ3v) is 5.26. The molecule has 0 spiro atoms. The first-order chi connectivity index (χ1) is 13.5. The Kier molecular flexibility index (Phi) is 5.15. The van der Waals surface area contributed by atoms with Gasteiger partial charge in [0.25, 0.3) is 0 Å². The van der Waals surface area contributed by atoms with Gasteiger partial charge >= 0.3 is 0 Å². The summed E-state index contributed by atoms with van der Waals surface area (Å²) in [5.74, 6) is 1.29. The van der Waals surface area contributed by atoms with Crippen LogP contribution in [0, 0.1) is 18.6 Å². The number of nitrogens with one attached hydrogen (secondary N) is 2. The summed E-state index contributed by atoms with van der Waals surface area (Å²) in [7, 11) is 1.92. The van der Waals surface area contributed by atoms with Crippen LogP contribution in [0.3, 0.4) is 0 Å². The molecular formula is C19H25F2N7. The minimum Gasteiger partial charge on any atom is -0.365 e. The maximum absolute atomic E-state index is 14.1. The Morgan fingerprint density at radius 1 is 1.14 bits per heavy atom. The molecule has 1 aliphatic carbocycles. The van der Waals surface area contributed by atoms with Crippen LogP contribution in [0.5, 0.6) is 0 Å². The van der Waals surface area contributed by atoms with Crippen molar-refractivity contribution in [2.24, 2.45) is 12.0 Å². The number of guanidine groups is 1. The van der Waals surface area contributed by atoms with Crippen LogP contribution in [0.15, 0.2) is 23.2 Å². The normalized spacial score (nSPS) is 19.9. The van der Waals surface area contributed by atoms with E-state index >= 15 is 0 Å². The molecular weight excluding hydrogens is 364 g/mol. The molecule has 7 nitrogen and oxygen atoms in total. The standard InChI is InChI=1S/C19H25F2N7/c1-12-25-26-17(27(12)2)10-22-19(23-13-6-7-13)24-14-8-9-28(11-14)18-15(20)4-3-5-16(18)21/h3-5,13-14H,6-11H2,1-2H3,(H2,22,23,24). The van der Waals surface area contributed by atoms with E-state index in [-0.39, 0.29) is 11.7 Å². The molecule has 1 aromatic heterocycles. The van der Waals surface area contributed by atoms with E-state index in [0.29, 0.717) is 31.6 Å². The van der Waals surface area contributed by atoms with Gasteiger partial charge in [-0.1, -0.05) is 6.07 Å². The molecule has 2 N–H and O–H groups in total. The highest BCUT2D eigenvalue weighted by Crippen LogP contribution is 2.27. The zero-order valence-electron chi connectivity index (χ0n) is 16.1. The van der Waals surface area contributed by atoms with Gasteiger partial charge in [0.05, 0.1) is 0 Å². The first kappa shape index (κ1) is 18.6. The van der Waals surface area contributed by atoms with Crippen molar-refractivity contribution in [2.75, 3.05) is 18.0 Å². The second-order valence-electron chi connectivity index (χ2n) is 7.45. The van der Waals surface area contributed by atoms with Gasteiger partial charge in [0, 0.05) is 32.2 Å². The lowest BCUT2D eigenvalue weighted by molar-refractivity contribution is 0.575. The van der Waals surface area contributed by atoms with Gasteiger partial charge < -0.3 is 20.1 Å². The molecule has 2 aromatic rings. The minimum absolute atomic E-state index is 0.0509. The van der Waals surface area contributed by atoms with Crippen LogP contribution in [0.25, 0.3) is 0 Å². The summed E-state index contributed by atoms with van der Waals surface area (Å²) in [5, 5.41) is 15.0. The molecule has 1 unspecified atom stereocenters. The third-order valence-electron chi connectivity index (χ3n) is 5.26. The van der Waals surface area contributed by atoms with Crippen LogP contribution in [0.1, 0.15) is 30.9 Å². The highest BCUT2D eigenvalue weighted by molar-refractivity contribution is 5.81. The summed E-state index contributed by atoms with van der Waals surface area (Å²) < 4.78 is 30.0. The maximum Gasteiger partial charge on any atom is 0.192 e. The summed E-state index contributed by atoms with van der Waals surface area (Å²) in [6, 6.07) is 4.48. The average Bonchev–Trinajstić information content (AvgIpc) is 3.27. The number of hydrogen-bond donors (Lipinski definition) is 2. The van der Waals surface area contributed by atoms with Crippen molar-refractivity contribution >= 4 is 11.6 Å². The Hall–Kier alpha value is -2.71. The highest BCUT2D eigenvalue weighted by Gasteiger charge is 2.29. The molecule has 28 heavy (non-hydrogen) atoms. The van der Waals surface area contributed by atoms with E-state index in [1.807, 2.05) is 18.5 Å². The quantitative estimate of drug-likeness (QED) is 0.604. The Morgan fingerprint density at radius 3 is 2.50 bits per heavy atom. The third kappa shape index (κ3) is 4.07. The van der Waals surface area contributed by atoms with Crippen LogP contribution in [-0.4, -0.2) is 45.9 Å². The Morgan fingerprint density at radius 2 is 1.86 bits per heavy atom. The van der Waals surface area contributed by atoms with E-state index in [0.717, 1.165) is 30.9 Å². The van der Waals surface area contributed by atoms with E-state index in [1.165, 1.54) is 18.2 Å². The van der Waals surface area contributed by atoms with E-state index in [1.54, 1.807) is 4.90 Å². The fraction of sp³-hybridized carbons (Fsp3) is 0.526. The van der Waals surface area contributed by atoms with Gasteiger partial charge in [0.2, 0.25) is 0 Å². The largest absolute Gasteiger partial charge is 0.365 e. The van der Waals surface area contributed by atoms with E-state index in [9.17, 15) is 8.78 Å². The van der Waals surface area contributed by atoms with Crippen molar-refractivity contribution in [3.05, 3.63) is 41.5 Å². The zero-order valence-corrected chi connectivity index (χ0v) is 16.1. The summed E-state index contributed by atoms with van der Waals surface area (Å²) in [4.78, 5) is 6.40. The van der Waals surface area contributed by atoms with Gasteiger partial charge in [0.15, 0.2) is 11.8 Å². The number of benzene rings is 1. The molecule has 1 saturated carbocycles. The van der Waals surface area contributed by atoms with Crippen LogP contribution >= 0.6 is 0 Å². The number of rotatable bonds is 5. The van der Waals surface area contributed by atoms with Gasteiger partial charge in [-0.15, -0.1) is 10.2 Å². The van der Waals surface area contributed by atoms with Crippen molar-refractivity contribution in [3.63, 3.8) is 0 Å². The fourth-order valence-corrected chi connectivity index (χ4v) is 3.36. The predicted molar refractivity (Wildman–Crippen MR) is 103 cm³/mol. The van der Waals surface area contributed by atoms with E-state index < -0.39 is 11.6 Å². The number of aliphatic imine (C=N–C) groups is 1. The van der Waals surface area contributed by atoms with Crippen molar-refractivity contribution < 1.29 is 8.78 Å². The molecule has 2 heterocycles. The van der Waals surface area contributed by atoms with Crippen molar-refractivity contribution in [1.29, 1.82) is 0 Å². The molecule has 1 saturated heterocycles. The number of para-hydroxylation sites is 1. The SMILES string of the molecule is Cc1nnc(CN=C(NC2CC2)NC2CCN(c3c(F)cccc3F)C2)n1C. The zero-order chi connectivity index (χ0) is 19.7. The first-order valence-electron chi connectivity index (χ1n) is 9.62. The number of aromatic nitrogens is 3. The lowest BCUT2D eigenvalue weighted by Gasteiger charge is -2.21. The lowest BCUT2D eigenvalue weighted by Crippen LogP contribution is -2.45. The van der Waals surface area contributed by atoms with Crippen LogP contribution < -0.4 is 15.5 Å². The number of anilines is 1. The number of halogens is 2. The molecule has 2 fully saturated rings. The molecule has 0 bridgehead atoms. The molecule has 1 aliphatic heterocycles. The van der Waals surface area contributed by atoms with E-state index in [4.69, 9.17) is 0 Å². The molecule has 2 aliphatic rings. The first-order valence-corrected chi connectivity index (χ1v) is 9.62. The molecule has 9 heteroatoms. The molecule has 4 rings (SSSR count). The Labute approximate surface area is 162 Å². The molecule has 1 aromatic carbocycles. The minimum atomic E-state index is -0.525. The molecule has 150 valence electrons. The summed E-state index contributed by atoms with van der Waals surface area (Å²) >= 11 is 0. The van der Waals surface area contributed by atoms with Gasteiger partial charge in [0.1, 0.15) is 29.7 Å². The van der Waals surface area contributed by atoms with Crippen molar-refractivity contribution in [1.82, 2.24) is 25.4 Å². The number of hydrogen-bond acceptors (Lipinski definition) is 4. The van der Waals surface area contributed by atoms with Gasteiger partial charge in [-0.05, 0) is 38.3 Å². The van der Waals surface area contributed by atoms with Crippen molar-refractivity contribution in [3.8, 4) is 0 Å². The highest BCUT2D eigenvalue weighted by atomic mass is 19.1. The van der Waals surface area contributed by atoms with Crippen molar-refractivity contribution in [2.45, 2.75) is 44.8 Å². The summed E-state index contributed by atoms with van der Waals surface area (Å²) in [6.07, 6.45) is 3.03. The second kappa shape index (κ2) is 7.73. The lowest BCUT2D eigenvalue weighted by atomic mass is 10.2. The van der Waals surface area contributed by atoms with E-state index in [2.05, 4.69) is 25.8 Å². The monoisotopic (exact) mass is 389 g/mol. The number of nitrogens with zero attached hydrogens (tertiary/aromatic N) is 5. The molecule has 1 atom stereocenters. The second-order valence-corrected chi connectivity index (χ2v) is 7.45. The predicted octanol–water partition coefficient (Wildman–Crippen LogP) is 1.88. The smallest absolute Gasteiger partial charge is 0.192 e. The maximum atomic E-state index is 14.1. The van der Waals surface area contributed by atoms with Crippen LogP contribution in [0.2, 0.25) is 0 Å². The Balaban J connectivity index is 1.42. The molecule has 0 amide bonds. The Bertz CT molecular complexity index is 855. The fourth-order valence-electron chi connectivity index (χ4n) is 3.36. The topological polar surface area (TPSA) is 70.4 Å². The molecule has 0 radical (unpaired) electrons. The van der Waals surface area contributed by atoms with Crippen LogP contribution in [-0.2, 0) is 13.6 Å². The van der Waals surface area contributed by atoms with Crippen LogP contribution in [0.4, 0.5) is 14.5 Å². The summed E-state index contributed by atoms with van der Waals surface area (Å²) in [5.41, 5.74) is 0.0509.